The van der Waals surface area contributed by atoms with E-state index in [1.807, 2.05) is 0 Å². The van der Waals surface area contributed by atoms with Crippen molar-refractivity contribution in [3.63, 3.8) is 0 Å². The van der Waals surface area contributed by atoms with E-state index in [4.69, 9.17) is 24.7 Å². The van der Waals surface area contributed by atoms with Gasteiger partial charge in [0.15, 0.2) is 12.6 Å². The quantitative estimate of drug-likeness (QED) is 0.388. The van der Waals surface area contributed by atoms with E-state index in [9.17, 15) is 20.4 Å². The van der Waals surface area contributed by atoms with Crippen LogP contribution in [0.4, 0.5) is 0 Å². The third-order valence-electron chi connectivity index (χ3n) is 5.01. The summed E-state index contributed by atoms with van der Waals surface area (Å²) in [5.74, 6) is -0.761. The lowest BCUT2D eigenvalue weighted by Crippen LogP contribution is -2.63. The van der Waals surface area contributed by atoms with Gasteiger partial charge in [-0.05, 0) is 0 Å². The lowest BCUT2D eigenvalue weighted by molar-refractivity contribution is -0.330. The summed E-state index contributed by atoms with van der Waals surface area (Å²) in [4.78, 5) is 0. The van der Waals surface area contributed by atoms with Crippen LogP contribution in [0.5, 0.6) is 0 Å². The molecular formula is C16H33NO8. The molecule has 2 saturated heterocycles. The van der Waals surface area contributed by atoms with Gasteiger partial charge in [-0.1, -0.05) is 21.3 Å². The fraction of sp³-hybridized carbons (Fsp3) is 1.00. The van der Waals surface area contributed by atoms with E-state index in [0.717, 1.165) is 0 Å². The second kappa shape index (κ2) is 9.54. The molecule has 2 aliphatic heterocycles. The van der Waals surface area contributed by atoms with Gasteiger partial charge in [-0.15, -0.1) is 0 Å². The lowest BCUT2D eigenvalue weighted by atomic mass is 9.89. The Hall–Kier alpha value is -0.360. The SMILES string of the molecule is C.CO[C@H]1OC(CO)[C@@H](O[C@@H]2OC(CO)[C@H](C)[C@H](O)C2N)C(O)[C@H]1C. The van der Waals surface area contributed by atoms with Crippen molar-refractivity contribution < 1.29 is 39.4 Å². The highest BCUT2D eigenvalue weighted by molar-refractivity contribution is 4.93. The zero-order chi connectivity index (χ0) is 18.0. The van der Waals surface area contributed by atoms with Crippen LogP contribution in [0, 0.1) is 11.8 Å². The van der Waals surface area contributed by atoms with E-state index in [1.54, 1.807) is 13.8 Å². The molecule has 2 heterocycles. The average molecular weight is 367 g/mol. The van der Waals surface area contributed by atoms with Crippen LogP contribution in [0.3, 0.4) is 0 Å². The van der Waals surface area contributed by atoms with Crippen molar-refractivity contribution in [2.75, 3.05) is 20.3 Å². The van der Waals surface area contributed by atoms with Gasteiger partial charge in [0, 0.05) is 18.9 Å². The van der Waals surface area contributed by atoms with Crippen LogP contribution in [0.15, 0.2) is 0 Å². The highest BCUT2D eigenvalue weighted by Gasteiger charge is 2.48. The minimum atomic E-state index is -1.04. The summed E-state index contributed by atoms with van der Waals surface area (Å²) in [6.07, 6.45) is -6.01. The monoisotopic (exact) mass is 367 g/mol. The Morgan fingerprint density at radius 2 is 1.48 bits per heavy atom. The maximum Gasteiger partial charge on any atom is 0.176 e. The van der Waals surface area contributed by atoms with Gasteiger partial charge in [-0.2, -0.15) is 0 Å². The lowest BCUT2D eigenvalue weighted by Gasteiger charge is -2.47. The second-order valence-corrected chi connectivity index (χ2v) is 6.56. The molecule has 0 aromatic heterocycles. The van der Waals surface area contributed by atoms with E-state index in [0.29, 0.717) is 0 Å². The topological polar surface area (TPSA) is 144 Å². The summed E-state index contributed by atoms with van der Waals surface area (Å²) >= 11 is 0. The van der Waals surface area contributed by atoms with E-state index in [2.05, 4.69) is 0 Å². The molecule has 0 bridgehead atoms. The summed E-state index contributed by atoms with van der Waals surface area (Å²) in [7, 11) is 1.45. The molecule has 0 saturated carbocycles. The van der Waals surface area contributed by atoms with Crippen molar-refractivity contribution in [2.45, 2.75) is 70.4 Å². The van der Waals surface area contributed by atoms with Crippen molar-refractivity contribution in [2.24, 2.45) is 17.6 Å². The van der Waals surface area contributed by atoms with Crippen molar-refractivity contribution >= 4 is 0 Å². The van der Waals surface area contributed by atoms with Crippen LogP contribution >= 0.6 is 0 Å². The molecule has 6 N–H and O–H groups in total. The molecule has 9 nitrogen and oxygen atoms in total. The van der Waals surface area contributed by atoms with Crippen LogP contribution in [0.25, 0.3) is 0 Å². The molecule has 2 aliphatic rings. The minimum absolute atomic E-state index is 0. The first-order valence-electron chi connectivity index (χ1n) is 8.18. The molecule has 0 spiro atoms. The summed E-state index contributed by atoms with van der Waals surface area (Å²) in [6, 6.07) is -0.857. The van der Waals surface area contributed by atoms with E-state index < -0.39 is 61.7 Å². The molecule has 4 unspecified atom stereocenters. The molecule has 9 heteroatoms. The van der Waals surface area contributed by atoms with Crippen LogP contribution in [-0.2, 0) is 18.9 Å². The Labute approximate surface area is 148 Å². The zero-order valence-corrected chi connectivity index (χ0v) is 14.2. The number of hydrogen-bond donors (Lipinski definition) is 5. The van der Waals surface area contributed by atoms with Gasteiger partial charge in [-0.25, -0.2) is 0 Å². The summed E-state index contributed by atoms with van der Waals surface area (Å²) in [5, 5.41) is 39.6. The van der Waals surface area contributed by atoms with Crippen LogP contribution in [-0.4, -0.2) is 89.9 Å². The molecule has 150 valence electrons. The fourth-order valence-electron chi connectivity index (χ4n) is 3.24. The number of methoxy groups -OCH3 is 1. The molecule has 0 radical (unpaired) electrons. The minimum Gasteiger partial charge on any atom is -0.394 e. The number of aliphatic hydroxyl groups excluding tert-OH is 4. The Bertz CT molecular complexity index is 396. The third-order valence-corrected chi connectivity index (χ3v) is 5.01. The molecule has 0 amide bonds. The van der Waals surface area contributed by atoms with Crippen molar-refractivity contribution in [3.05, 3.63) is 0 Å². The van der Waals surface area contributed by atoms with E-state index in [-0.39, 0.29) is 20.0 Å². The maximum atomic E-state index is 10.5. The largest absolute Gasteiger partial charge is 0.394 e. The van der Waals surface area contributed by atoms with Crippen molar-refractivity contribution in [3.8, 4) is 0 Å². The summed E-state index contributed by atoms with van der Waals surface area (Å²) in [6.45, 7) is 2.78. The Morgan fingerprint density at radius 1 is 0.920 bits per heavy atom. The maximum absolute atomic E-state index is 10.5. The number of ether oxygens (including phenoxy) is 4. The van der Waals surface area contributed by atoms with Crippen LogP contribution < -0.4 is 5.73 Å². The van der Waals surface area contributed by atoms with Gasteiger partial charge in [0.1, 0.15) is 12.2 Å². The molecule has 2 fully saturated rings. The second-order valence-electron chi connectivity index (χ2n) is 6.56. The Kier molecular flexibility index (Phi) is 8.65. The summed E-state index contributed by atoms with van der Waals surface area (Å²) in [5.41, 5.74) is 5.98. The fourth-order valence-corrected chi connectivity index (χ4v) is 3.24. The number of aliphatic hydroxyl groups is 4. The van der Waals surface area contributed by atoms with Crippen molar-refractivity contribution in [1.82, 2.24) is 0 Å². The number of rotatable bonds is 5. The Balaban J connectivity index is 0.00000312. The van der Waals surface area contributed by atoms with Gasteiger partial charge >= 0.3 is 0 Å². The first-order chi connectivity index (χ1) is 11.3. The molecule has 0 aromatic rings. The number of nitrogens with two attached hydrogens (primary N) is 1. The average Bonchev–Trinajstić information content (AvgIpc) is 2.59. The van der Waals surface area contributed by atoms with Gasteiger partial charge < -0.3 is 45.1 Å². The Morgan fingerprint density at radius 3 is 2.00 bits per heavy atom. The zero-order valence-electron chi connectivity index (χ0n) is 14.2. The predicted molar refractivity (Wildman–Crippen MR) is 88.4 cm³/mol. The van der Waals surface area contributed by atoms with E-state index in [1.165, 1.54) is 7.11 Å². The first kappa shape index (κ1) is 22.7. The van der Waals surface area contributed by atoms with Crippen molar-refractivity contribution in [1.29, 1.82) is 0 Å². The smallest absolute Gasteiger partial charge is 0.176 e. The van der Waals surface area contributed by atoms with Crippen LogP contribution in [0.1, 0.15) is 21.3 Å². The third kappa shape index (κ3) is 4.49. The highest BCUT2D eigenvalue weighted by atomic mass is 16.7. The van der Waals surface area contributed by atoms with Gasteiger partial charge in [-0.3, -0.25) is 0 Å². The van der Waals surface area contributed by atoms with Crippen LogP contribution in [0.2, 0.25) is 0 Å². The van der Waals surface area contributed by atoms with Gasteiger partial charge in [0.2, 0.25) is 0 Å². The molecule has 25 heavy (non-hydrogen) atoms. The predicted octanol–water partition coefficient (Wildman–Crippen LogP) is -1.59. The molecule has 2 rings (SSSR count). The molecular weight excluding hydrogens is 334 g/mol. The standard InChI is InChI=1S/C15H29NO8.CH4/c1-6-8(4-17)22-15(10(16)11(6)19)24-13-9(5-18)23-14(21-3)7(2)12(13)20;/h6-15,17-20H,4-5,16H2,1-3H3;1H4/t6-,7+,8?,9?,10?,11-,12?,13+,14-,15-;/m0./s1. The number of hydrogen-bond acceptors (Lipinski definition) is 9. The molecule has 10 atom stereocenters. The first-order valence-corrected chi connectivity index (χ1v) is 8.18. The molecule has 0 aliphatic carbocycles. The van der Waals surface area contributed by atoms with Gasteiger partial charge in [0.05, 0.1) is 37.6 Å². The van der Waals surface area contributed by atoms with E-state index >= 15 is 0 Å². The normalized spacial score (nSPS) is 48.0. The highest BCUT2D eigenvalue weighted by Crippen LogP contribution is 2.32. The summed E-state index contributed by atoms with van der Waals surface area (Å²) < 4.78 is 22.1. The van der Waals surface area contributed by atoms with Gasteiger partial charge in [0.25, 0.3) is 0 Å². The molecule has 0 aromatic carbocycles.